The van der Waals surface area contributed by atoms with Gasteiger partial charge in [0, 0.05) is 0 Å². The van der Waals surface area contributed by atoms with Gasteiger partial charge < -0.3 is 5.32 Å². The Hall–Kier alpha value is -2.20. The Balaban J connectivity index is 1.52. The largest absolute Gasteiger partial charge is 0.351 e. The number of carbonyl (C=O) groups excluding carboxylic acids is 1. The minimum Gasteiger partial charge on any atom is -0.351 e. The summed E-state index contributed by atoms with van der Waals surface area (Å²) in [6.07, 6.45) is 3.33. The number of halogens is 1. The van der Waals surface area contributed by atoms with Gasteiger partial charge in [-0.25, -0.2) is 4.39 Å². The van der Waals surface area contributed by atoms with Crippen molar-refractivity contribution in [1.29, 1.82) is 0 Å². The molecule has 3 nitrogen and oxygen atoms in total. The van der Waals surface area contributed by atoms with Crippen molar-refractivity contribution >= 4 is 5.91 Å². The Morgan fingerprint density at radius 1 is 1.12 bits per heavy atom. The van der Waals surface area contributed by atoms with E-state index < -0.39 is 0 Å². The Morgan fingerprint density at radius 3 is 2.54 bits per heavy atom. The zero-order chi connectivity index (χ0) is 18.1. The van der Waals surface area contributed by atoms with Crippen LogP contribution in [0.4, 0.5) is 4.39 Å². The van der Waals surface area contributed by atoms with Gasteiger partial charge in [0.15, 0.2) is 0 Å². The highest BCUT2D eigenvalue weighted by atomic mass is 19.1. The first-order chi connectivity index (χ1) is 12.6. The zero-order valence-electron chi connectivity index (χ0n) is 15.1. The molecule has 4 rings (SSSR count). The van der Waals surface area contributed by atoms with E-state index in [4.69, 9.17) is 0 Å². The van der Waals surface area contributed by atoms with E-state index in [1.54, 1.807) is 12.1 Å². The second-order valence-corrected chi connectivity index (χ2v) is 7.48. The molecule has 0 bridgehead atoms. The summed E-state index contributed by atoms with van der Waals surface area (Å²) < 4.78 is 13.1. The minimum atomic E-state index is -0.293. The summed E-state index contributed by atoms with van der Waals surface area (Å²) in [6.45, 7) is 4.08. The van der Waals surface area contributed by atoms with Crippen LogP contribution in [-0.2, 0) is 11.2 Å². The monoisotopic (exact) mass is 352 g/mol. The van der Waals surface area contributed by atoms with Crippen LogP contribution in [0.2, 0.25) is 0 Å². The standard InChI is InChI=1S/C22H25FN2O/c1-15(16-8-10-18(23)11-9-16)22(26)24-20-14-17-6-2-3-7-19(17)21(20)25-12-4-5-13-25/h2-3,6-11,15,20-21H,4-5,12-14H2,1H3,(H,24,26)/t15-,20?,21?/m0/s1. The molecule has 1 aliphatic heterocycles. The van der Waals surface area contributed by atoms with E-state index in [0.717, 1.165) is 25.1 Å². The number of likely N-dealkylation sites (tertiary alicyclic amines) is 1. The van der Waals surface area contributed by atoms with Crippen molar-refractivity contribution in [3.8, 4) is 0 Å². The lowest BCUT2D eigenvalue weighted by Crippen LogP contribution is -2.45. The summed E-state index contributed by atoms with van der Waals surface area (Å²) in [5.74, 6) is -0.557. The molecule has 1 amide bonds. The predicted molar refractivity (Wildman–Crippen MR) is 100 cm³/mol. The molecule has 0 aromatic heterocycles. The first-order valence-electron chi connectivity index (χ1n) is 9.51. The van der Waals surface area contributed by atoms with Crippen LogP contribution in [0.5, 0.6) is 0 Å². The van der Waals surface area contributed by atoms with E-state index in [9.17, 15) is 9.18 Å². The van der Waals surface area contributed by atoms with Crippen molar-refractivity contribution in [3.05, 3.63) is 71.0 Å². The summed E-state index contributed by atoms with van der Waals surface area (Å²) in [7, 11) is 0. The van der Waals surface area contributed by atoms with Gasteiger partial charge in [0.25, 0.3) is 0 Å². The highest BCUT2D eigenvalue weighted by Crippen LogP contribution is 2.38. The third-order valence-corrected chi connectivity index (χ3v) is 5.82. The number of hydrogen-bond donors (Lipinski definition) is 1. The fraction of sp³-hybridized carbons (Fsp3) is 0.409. The minimum absolute atomic E-state index is 0.0126. The van der Waals surface area contributed by atoms with Gasteiger partial charge >= 0.3 is 0 Å². The third-order valence-electron chi connectivity index (χ3n) is 5.82. The molecule has 0 spiro atoms. The van der Waals surface area contributed by atoms with Crippen LogP contribution in [-0.4, -0.2) is 29.9 Å². The lowest BCUT2D eigenvalue weighted by molar-refractivity contribution is -0.123. The smallest absolute Gasteiger partial charge is 0.227 e. The van der Waals surface area contributed by atoms with Gasteiger partial charge in [-0.1, -0.05) is 36.4 Å². The molecule has 2 unspecified atom stereocenters. The Morgan fingerprint density at radius 2 is 1.81 bits per heavy atom. The van der Waals surface area contributed by atoms with Crippen molar-refractivity contribution < 1.29 is 9.18 Å². The number of amides is 1. The lowest BCUT2D eigenvalue weighted by Gasteiger charge is -2.31. The molecule has 1 N–H and O–H groups in total. The van der Waals surface area contributed by atoms with Gasteiger partial charge in [-0.05, 0) is 68.1 Å². The SMILES string of the molecule is C[C@H](C(=O)NC1Cc2ccccc2C1N1CCCC1)c1ccc(F)cc1. The number of rotatable bonds is 4. The highest BCUT2D eigenvalue weighted by molar-refractivity contribution is 5.83. The maximum Gasteiger partial charge on any atom is 0.227 e. The molecular weight excluding hydrogens is 327 g/mol. The van der Waals surface area contributed by atoms with Gasteiger partial charge in [0.05, 0.1) is 18.0 Å². The van der Waals surface area contributed by atoms with Crippen molar-refractivity contribution in [2.75, 3.05) is 13.1 Å². The molecule has 1 aliphatic carbocycles. The van der Waals surface area contributed by atoms with Crippen molar-refractivity contribution in [2.24, 2.45) is 0 Å². The number of nitrogens with one attached hydrogen (secondary N) is 1. The van der Waals surface area contributed by atoms with Crippen LogP contribution >= 0.6 is 0 Å². The second-order valence-electron chi connectivity index (χ2n) is 7.48. The summed E-state index contributed by atoms with van der Waals surface area (Å²) in [5, 5.41) is 3.29. The molecule has 1 saturated heterocycles. The molecule has 1 fully saturated rings. The van der Waals surface area contributed by atoms with E-state index in [1.165, 1.54) is 36.1 Å². The lowest BCUT2D eigenvalue weighted by atomic mass is 9.99. The maximum atomic E-state index is 13.1. The average Bonchev–Trinajstić information content (AvgIpc) is 3.28. The second kappa shape index (κ2) is 7.20. The van der Waals surface area contributed by atoms with Crippen molar-refractivity contribution in [2.45, 2.75) is 44.2 Å². The zero-order valence-corrected chi connectivity index (χ0v) is 15.1. The quantitative estimate of drug-likeness (QED) is 0.908. The number of nitrogens with zero attached hydrogens (tertiary/aromatic N) is 1. The van der Waals surface area contributed by atoms with E-state index in [1.807, 2.05) is 6.92 Å². The van der Waals surface area contributed by atoms with Gasteiger partial charge in [-0.15, -0.1) is 0 Å². The number of hydrogen-bond acceptors (Lipinski definition) is 2. The van der Waals surface area contributed by atoms with Gasteiger partial charge in [0.2, 0.25) is 5.91 Å². The maximum absolute atomic E-state index is 13.1. The third kappa shape index (κ3) is 3.26. The van der Waals surface area contributed by atoms with E-state index in [0.29, 0.717) is 0 Å². The number of carbonyl (C=O) groups is 1. The van der Waals surface area contributed by atoms with E-state index >= 15 is 0 Å². The first-order valence-corrected chi connectivity index (χ1v) is 9.51. The van der Waals surface area contributed by atoms with Crippen molar-refractivity contribution in [3.63, 3.8) is 0 Å². The van der Waals surface area contributed by atoms with Gasteiger partial charge in [0.1, 0.15) is 5.82 Å². The molecule has 2 aromatic rings. The molecule has 136 valence electrons. The molecule has 0 radical (unpaired) electrons. The molecular formula is C22H25FN2O. The molecule has 4 heteroatoms. The van der Waals surface area contributed by atoms with Crippen LogP contribution in [0.3, 0.4) is 0 Å². The van der Waals surface area contributed by atoms with Gasteiger partial charge in [-0.3, -0.25) is 9.69 Å². The topological polar surface area (TPSA) is 32.3 Å². The predicted octanol–water partition coefficient (Wildman–Crippen LogP) is 3.81. The van der Waals surface area contributed by atoms with E-state index in [-0.39, 0.29) is 29.7 Å². The van der Waals surface area contributed by atoms with Crippen LogP contribution < -0.4 is 5.32 Å². The number of benzene rings is 2. The fourth-order valence-electron chi connectivity index (χ4n) is 4.39. The van der Waals surface area contributed by atoms with Crippen molar-refractivity contribution in [1.82, 2.24) is 10.2 Å². The Labute approximate surface area is 154 Å². The van der Waals surface area contributed by atoms with Crippen LogP contribution in [0.1, 0.15) is 48.4 Å². The van der Waals surface area contributed by atoms with Crippen LogP contribution in [0, 0.1) is 5.82 Å². The molecule has 26 heavy (non-hydrogen) atoms. The summed E-state index contributed by atoms with van der Waals surface area (Å²) in [4.78, 5) is 15.4. The molecule has 3 atom stereocenters. The van der Waals surface area contributed by atoms with E-state index in [2.05, 4.69) is 34.5 Å². The first kappa shape index (κ1) is 17.2. The molecule has 2 aromatic carbocycles. The average molecular weight is 352 g/mol. The van der Waals surface area contributed by atoms with Crippen LogP contribution in [0.25, 0.3) is 0 Å². The summed E-state index contributed by atoms with van der Waals surface area (Å²) in [6, 6.07) is 15.1. The molecule has 0 saturated carbocycles. The molecule has 1 heterocycles. The van der Waals surface area contributed by atoms with Gasteiger partial charge in [-0.2, -0.15) is 0 Å². The highest BCUT2D eigenvalue weighted by Gasteiger charge is 2.38. The Bertz CT molecular complexity index is 783. The Kier molecular flexibility index (Phi) is 4.77. The molecule has 2 aliphatic rings. The normalized spacial score (nSPS) is 23.6. The fourth-order valence-corrected chi connectivity index (χ4v) is 4.39. The summed E-state index contributed by atoms with van der Waals surface area (Å²) in [5.41, 5.74) is 3.54. The number of fused-ring (bicyclic) bond motifs is 1. The summed E-state index contributed by atoms with van der Waals surface area (Å²) >= 11 is 0. The van der Waals surface area contributed by atoms with Crippen LogP contribution in [0.15, 0.2) is 48.5 Å².